The molecule has 0 fully saturated rings. The number of nitrogens with zero attached hydrogens (tertiary/aromatic N) is 2. The van der Waals surface area contributed by atoms with Gasteiger partial charge in [0, 0.05) is 13.1 Å². The van der Waals surface area contributed by atoms with E-state index < -0.39 is 0 Å². The van der Waals surface area contributed by atoms with Gasteiger partial charge in [-0.2, -0.15) is 5.10 Å². The zero-order valence-electron chi connectivity index (χ0n) is 8.32. The standard InChI is InChI=1S/C10H13N3S/c1-3-7-4-5-14-10(7)8-6-9(11)13(2)12-8/h4-6H,3,11H2,1-2H3. The lowest BCUT2D eigenvalue weighted by Gasteiger charge is -1.95. The average molecular weight is 207 g/mol. The van der Waals surface area contributed by atoms with E-state index in [2.05, 4.69) is 23.5 Å². The molecule has 0 aromatic carbocycles. The minimum absolute atomic E-state index is 0.704. The first-order valence-electron chi connectivity index (χ1n) is 4.58. The maximum atomic E-state index is 5.74. The number of hydrogen-bond acceptors (Lipinski definition) is 3. The second-order valence-corrected chi connectivity index (χ2v) is 4.12. The summed E-state index contributed by atoms with van der Waals surface area (Å²) in [7, 11) is 1.86. The van der Waals surface area contributed by atoms with Crippen LogP contribution in [0, 0.1) is 0 Å². The summed E-state index contributed by atoms with van der Waals surface area (Å²) in [4.78, 5) is 1.24. The fourth-order valence-corrected chi connectivity index (χ4v) is 2.38. The third-order valence-corrected chi connectivity index (χ3v) is 3.26. The van der Waals surface area contributed by atoms with Gasteiger partial charge in [-0.15, -0.1) is 11.3 Å². The molecular weight excluding hydrogens is 194 g/mol. The third-order valence-electron chi connectivity index (χ3n) is 2.28. The number of nitrogen functional groups attached to an aromatic ring is 1. The summed E-state index contributed by atoms with van der Waals surface area (Å²) in [6.45, 7) is 2.15. The summed E-state index contributed by atoms with van der Waals surface area (Å²) in [5.41, 5.74) is 8.07. The van der Waals surface area contributed by atoms with Crippen LogP contribution in [0.25, 0.3) is 10.6 Å². The maximum Gasteiger partial charge on any atom is 0.121 e. The van der Waals surface area contributed by atoms with E-state index >= 15 is 0 Å². The van der Waals surface area contributed by atoms with E-state index in [1.54, 1.807) is 16.0 Å². The van der Waals surface area contributed by atoms with Crippen LogP contribution in [-0.2, 0) is 13.5 Å². The minimum Gasteiger partial charge on any atom is -0.384 e. The summed E-state index contributed by atoms with van der Waals surface area (Å²) in [5, 5.41) is 6.46. The van der Waals surface area contributed by atoms with Crippen LogP contribution in [0.15, 0.2) is 17.5 Å². The normalized spacial score (nSPS) is 10.7. The molecule has 0 aliphatic heterocycles. The highest BCUT2D eigenvalue weighted by molar-refractivity contribution is 7.13. The van der Waals surface area contributed by atoms with Crippen molar-refractivity contribution in [1.82, 2.24) is 9.78 Å². The molecule has 0 amide bonds. The predicted octanol–water partition coefficient (Wildman–Crippen LogP) is 2.29. The van der Waals surface area contributed by atoms with Crippen LogP contribution >= 0.6 is 11.3 Å². The molecule has 0 aliphatic carbocycles. The highest BCUT2D eigenvalue weighted by Crippen LogP contribution is 2.29. The third kappa shape index (κ3) is 1.42. The lowest BCUT2D eigenvalue weighted by atomic mass is 10.2. The van der Waals surface area contributed by atoms with Crippen molar-refractivity contribution in [2.45, 2.75) is 13.3 Å². The molecule has 0 atom stereocenters. The van der Waals surface area contributed by atoms with E-state index in [-0.39, 0.29) is 0 Å². The van der Waals surface area contributed by atoms with Gasteiger partial charge in [-0.25, -0.2) is 0 Å². The quantitative estimate of drug-likeness (QED) is 0.821. The second-order valence-electron chi connectivity index (χ2n) is 3.21. The Morgan fingerprint density at radius 2 is 2.36 bits per heavy atom. The largest absolute Gasteiger partial charge is 0.384 e. The highest BCUT2D eigenvalue weighted by atomic mass is 32.1. The molecule has 14 heavy (non-hydrogen) atoms. The van der Waals surface area contributed by atoms with Crippen molar-refractivity contribution in [2.75, 3.05) is 5.73 Å². The van der Waals surface area contributed by atoms with Crippen molar-refractivity contribution >= 4 is 17.2 Å². The summed E-state index contributed by atoms with van der Waals surface area (Å²) in [5.74, 6) is 0.704. The monoisotopic (exact) mass is 207 g/mol. The van der Waals surface area contributed by atoms with Crippen molar-refractivity contribution < 1.29 is 0 Å². The van der Waals surface area contributed by atoms with Gasteiger partial charge in [-0.05, 0) is 23.4 Å². The van der Waals surface area contributed by atoms with Crippen molar-refractivity contribution in [1.29, 1.82) is 0 Å². The molecule has 2 aromatic heterocycles. The summed E-state index contributed by atoms with van der Waals surface area (Å²) in [6, 6.07) is 4.07. The van der Waals surface area contributed by atoms with Crippen LogP contribution in [0.5, 0.6) is 0 Å². The molecule has 0 saturated carbocycles. The Balaban J connectivity index is 2.49. The zero-order chi connectivity index (χ0) is 10.1. The Kier molecular flexibility index (Phi) is 2.29. The smallest absolute Gasteiger partial charge is 0.121 e. The number of thiophene rings is 1. The number of rotatable bonds is 2. The van der Waals surface area contributed by atoms with Crippen LogP contribution in [-0.4, -0.2) is 9.78 Å². The molecule has 2 aromatic rings. The van der Waals surface area contributed by atoms with E-state index in [0.29, 0.717) is 5.82 Å². The van der Waals surface area contributed by atoms with Gasteiger partial charge >= 0.3 is 0 Å². The number of hydrogen-bond donors (Lipinski definition) is 1. The molecule has 0 bridgehead atoms. The van der Waals surface area contributed by atoms with Gasteiger partial charge in [0.15, 0.2) is 0 Å². The molecule has 3 nitrogen and oxygen atoms in total. The van der Waals surface area contributed by atoms with Gasteiger partial charge in [-0.1, -0.05) is 6.92 Å². The van der Waals surface area contributed by atoms with Crippen LogP contribution in [0.1, 0.15) is 12.5 Å². The number of aromatic nitrogens is 2. The summed E-state index contributed by atoms with van der Waals surface area (Å²) in [6.07, 6.45) is 1.04. The number of aryl methyl sites for hydroxylation is 2. The van der Waals surface area contributed by atoms with Crippen molar-refractivity contribution in [3.63, 3.8) is 0 Å². The average Bonchev–Trinajstić information content (AvgIpc) is 2.73. The van der Waals surface area contributed by atoms with Gasteiger partial charge in [0.05, 0.1) is 4.88 Å². The number of nitrogens with two attached hydrogens (primary N) is 1. The van der Waals surface area contributed by atoms with E-state index in [9.17, 15) is 0 Å². The lowest BCUT2D eigenvalue weighted by molar-refractivity contribution is 0.782. The molecule has 0 radical (unpaired) electrons. The molecule has 0 spiro atoms. The fraction of sp³-hybridized carbons (Fsp3) is 0.300. The molecule has 2 rings (SSSR count). The van der Waals surface area contributed by atoms with Gasteiger partial charge in [-0.3, -0.25) is 4.68 Å². The Morgan fingerprint density at radius 3 is 2.93 bits per heavy atom. The predicted molar refractivity (Wildman–Crippen MR) is 60.3 cm³/mol. The molecule has 0 aliphatic rings. The van der Waals surface area contributed by atoms with E-state index in [4.69, 9.17) is 5.73 Å². The Labute approximate surface area is 87.2 Å². The van der Waals surface area contributed by atoms with E-state index in [0.717, 1.165) is 12.1 Å². The van der Waals surface area contributed by atoms with Gasteiger partial charge in [0.2, 0.25) is 0 Å². The molecular formula is C10H13N3S. The summed E-state index contributed by atoms with van der Waals surface area (Å²) < 4.78 is 1.70. The maximum absolute atomic E-state index is 5.74. The Bertz CT molecular complexity index is 422. The van der Waals surface area contributed by atoms with Gasteiger partial charge in [0.25, 0.3) is 0 Å². The van der Waals surface area contributed by atoms with Crippen molar-refractivity contribution in [3.8, 4) is 10.6 Å². The van der Waals surface area contributed by atoms with Gasteiger partial charge < -0.3 is 5.73 Å². The topological polar surface area (TPSA) is 43.8 Å². The van der Waals surface area contributed by atoms with E-state index in [1.807, 2.05) is 13.1 Å². The highest BCUT2D eigenvalue weighted by Gasteiger charge is 2.09. The van der Waals surface area contributed by atoms with Crippen LogP contribution in [0.3, 0.4) is 0 Å². The van der Waals surface area contributed by atoms with E-state index in [1.165, 1.54) is 10.4 Å². The molecule has 74 valence electrons. The Morgan fingerprint density at radius 1 is 1.57 bits per heavy atom. The van der Waals surface area contributed by atoms with Gasteiger partial charge in [0.1, 0.15) is 11.5 Å². The molecule has 0 saturated heterocycles. The first-order chi connectivity index (χ1) is 6.72. The first kappa shape index (κ1) is 9.27. The summed E-state index contributed by atoms with van der Waals surface area (Å²) >= 11 is 1.72. The molecule has 2 heterocycles. The lowest BCUT2D eigenvalue weighted by Crippen LogP contribution is -1.96. The molecule has 4 heteroatoms. The Hall–Kier alpha value is -1.29. The van der Waals surface area contributed by atoms with Crippen LogP contribution in [0.2, 0.25) is 0 Å². The minimum atomic E-state index is 0.704. The molecule has 0 unspecified atom stereocenters. The van der Waals surface area contributed by atoms with Crippen molar-refractivity contribution in [2.24, 2.45) is 7.05 Å². The SMILES string of the molecule is CCc1ccsc1-c1cc(N)n(C)n1. The van der Waals surface area contributed by atoms with Crippen molar-refractivity contribution in [3.05, 3.63) is 23.1 Å². The fourth-order valence-electron chi connectivity index (χ4n) is 1.43. The molecule has 2 N–H and O–H groups in total. The second kappa shape index (κ2) is 3.46. The van der Waals surface area contributed by atoms with Crippen LogP contribution in [0.4, 0.5) is 5.82 Å². The first-order valence-corrected chi connectivity index (χ1v) is 5.46. The van der Waals surface area contributed by atoms with Crippen LogP contribution < -0.4 is 5.73 Å². The zero-order valence-corrected chi connectivity index (χ0v) is 9.14. The number of anilines is 1.